The van der Waals surface area contributed by atoms with Crippen LogP contribution < -0.4 is 39.6 Å². The molecule has 3 aromatic carbocycles. The van der Waals surface area contributed by atoms with Gasteiger partial charge in [0.05, 0.1) is 12.5 Å². The highest BCUT2D eigenvalue weighted by atomic mass is 16.7. The molecule has 1 unspecified atom stereocenters. The fourth-order valence-corrected chi connectivity index (χ4v) is 9.60. The summed E-state index contributed by atoms with van der Waals surface area (Å²) in [5.74, 6) is -1.99. The van der Waals surface area contributed by atoms with Crippen LogP contribution >= 0.6 is 0 Å². The Morgan fingerprint density at radius 2 is 1.83 bits per heavy atom. The molecular weight excluding hydrogens is 853 g/mol. The van der Waals surface area contributed by atoms with E-state index in [1.54, 1.807) is 24.4 Å². The number of nitrogens with zero attached hydrogens (tertiary/aromatic N) is 1. The van der Waals surface area contributed by atoms with Crippen LogP contribution in [0.25, 0.3) is 0 Å². The Morgan fingerprint density at radius 3 is 2.58 bits per heavy atom. The number of carboxylic acids is 1. The van der Waals surface area contributed by atoms with Gasteiger partial charge in [0.25, 0.3) is 0 Å². The van der Waals surface area contributed by atoms with Gasteiger partial charge < -0.3 is 80.0 Å². The van der Waals surface area contributed by atoms with E-state index < -0.39 is 85.8 Å². The van der Waals surface area contributed by atoms with Gasteiger partial charge in [0.15, 0.2) is 35.7 Å². The Morgan fingerprint density at radius 1 is 1.02 bits per heavy atom. The van der Waals surface area contributed by atoms with Gasteiger partial charge in [-0.05, 0) is 36.0 Å². The van der Waals surface area contributed by atoms with Gasteiger partial charge in [-0.1, -0.05) is 36.4 Å². The molecule has 3 aromatic rings. The number of quaternary nitrogens is 1. The number of nitrogens with two attached hydrogens (primary N) is 1. The zero-order valence-corrected chi connectivity index (χ0v) is 34.7. The molecule has 0 saturated carbocycles. The molecule has 1 fully saturated rings. The number of ether oxygens (including phenoxy) is 7. The molecule has 0 aliphatic carbocycles. The van der Waals surface area contributed by atoms with Crippen LogP contribution in [0, 0.1) is 0 Å². The number of fused-ring (bicyclic) bond motifs is 6. The smallest absolute Gasteiger partial charge is 0.317 e. The summed E-state index contributed by atoms with van der Waals surface area (Å²) in [5.41, 5.74) is 9.35. The molecule has 20 heteroatoms. The van der Waals surface area contributed by atoms with Crippen LogP contribution in [0.5, 0.6) is 28.7 Å². The normalized spacial score (nSPS) is 30.3. The SMILES string of the molecule is N[C@H]1NC=C[C@@]2(O[C@@H](Oc3cc(C[NH+]4CC5=CC=NC5=C4CO)c4c(c3)O[C@@H](Cc3ccccc3)[C@H]3c5ccc(OCO)c(OCCO)c5O[C@@H]43)[C@H](O)[C@@H](O)[C@@H]2O)[C@@H]1OC(=O)CC(=O)O. The van der Waals surface area contributed by atoms with Crippen molar-refractivity contribution in [2.24, 2.45) is 10.7 Å². The van der Waals surface area contributed by atoms with E-state index in [4.69, 9.17) is 38.9 Å². The van der Waals surface area contributed by atoms with Gasteiger partial charge in [0.1, 0.15) is 86.6 Å². The summed E-state index contributed by atoms with van der Waals surface area (Å²) in [4.78, 5) is 29.4. The van der Waals surface area contributed by atoms with E-state index in [0.29, 0.717) is 47.0 Å². The summed E-state index contributed by atoms with van der Waals surface area (Å²) in [6.45, 7) is -0.611. The Bertz CT molecular complexity index is 2450. The zero-order valence-electron chi connectivity index (χ0n) is 34.7. The average molecular weight is 902 g/mol. The van der Waals surface area contributed by atoms with Gasteiger partial charge in [-0.3, -0.25) is 19.5 Å². The van der Waals surface area contributed by atoms with Gasteiger partial charge in [-0.25, -0.2) is 0 Å². The topological polar surface area (TPSA) is 295 Å². The van der Waals surface area contributed by atoms with E-state index >= 15 is 0 Å². The molecule has 6 aliphatic heterocycles. The van der Waals surface area contributed by atoms with E-state index in [-0.39, 0.29) is 43.6 Å². The van der Waals surface area contributed by atoms with Gasteiger partial charge in [0.2, 0.25) is 12.0 Å². The monoisotopic (exact) mass is 901 g/mol. The van der Waals surface area contributed by atoms with Crippen LogP contribution in [0.4, 0.5) is 0 Å². The third kappa shape index (κ3) is 8.06. The number of aliphatic imine (C=N–C) groups is 1. The predicted octanol–water partition coefficient (Wildman–Crippen LogP) is -1.43. The van der Waals surface area contributed by atoms with Crippen molar-refractivity contribution < 1.29 is 83.4 Å². The fraction of sp³-hybridized carbons (Fsp3) is 0.400. The second-order valence-corrected chi connectivity index (χ2v) is 16.4. The number of carboxylic acid groups (broad SMARTS) is 1. The maximum absolute atomic E-state index is 12.7. The number of aliphatic carboxylic acids is 1. The van der Waals surface area contributed by atoms with Gasteiger partial charge in [-0.15, -0.1) is 0 Å². The number of benzene rings is 3. The lowest BCUT2D eigenvalue weighted by Crippen LogP contribution is -3.08. The number of aliphatic hydroxyl groups is 6. The molecule has 11 N–H and O–H groups in total. The summed E-state index contributed by atoms with van der Waals surface area (Å²) in [6.07, 6.45) is -6.22. The number of hydrogen-bond donors (Lipinski definition) is 10. The van der Waals surface area contributed by atoms with E-state index in [9.17, 15) is 45.3 Å². The van der Waals surface area contributed by atoms with Crippen molar-refractivity contribution in [3.05, 3.63) is 112 Å². The third-order valence-electron chi connectivity index (χ3n) is 12.4. The number of allylic oxidation sites excluding steroid dienone is 1. The minimum atomic E-state index is -2.14. The van der Waals surface area contributed by atoms with Crippen molar-refractivity contribution in [3.8, 4) is 28.7 Å². The Labute approximate surface area is 371 Å². The number of carbonyl (C=O) groups excluding carboxylic acids is 1. The van der Waals surface area contributed by atoms with Crippen molar-refractivity contribution in [1.29, 1.82) is 0 Å². The Hall–Kier alpha value is -6.07. The Kier molecular flexibility index (Phi) is 12.3. The van der Waals surface area contributed by atoms with Gasteiger partial charge >= 0.3 is 11.9 Å². The first kappa shape index (κ1) is 44.1. The summed E-state index contributed by atoms with van der Waals surface area (Å²) < 4.78 is 43.6. The first-order valence-corrected chi connectivity index (χ1v) is 21.0. The van der Waals surface area contributed by atoms with E-state index in [1.165, 1.54) is 12.3 Å². The first-order valence-electron chi connectivity index (χ1n) is 21.0. The minimum absolute atomic E-state index is 0.0791. The van der Waals surface area contributed by atoms with E-state index in [0.717, 1.165) is 21.6 Å². The molecule has 11 atom stereocenters. The maximum Gasteiger partial charge on any atom is 0.317 e. The van der Waals surface area contributed by atoms with Crippen LogP contribution in [-0.2, 0) is 32.0 Å². The molecule has 1 spiro atoms. The molecule has 9 rings (SSSR count). The lowest BCUT2D eigenvalue weighted by Gasteiger charge is -2.52. The molecule has 344 valence electrons. The van der Waals surface area contributed by atoms with Crippen LogP contribution in [0.15, 0.2) is 94.9 Å². The summed E-state index contributed by atoms with van der Waals surface area (Å²) >= 11 is 0. The fourth-order valence-electron chi connectivity index (χ4n) is 9.60. The summed E-state index contributed by atoms with van der Waals surface area (Å²) in [7, 11) is 0. The number of esters is 1. The second-order valence-electron chi connectivity index (χ2n) is 16.4. The van der Waals surface area contributed by atoms with Gasteiger partial charge in [-0.2, -0.15) is 0 Å². The predicted molar refractivity (Wildman–Crippen MR) is 223 cm³/mol. The van der Waals surface area contributed by atoms with Gasteiger partial charge in [0, 0.05) is 41.0 Å². The average Bonchev–Trinajstić information content (AvgIpc) is 3.99. The van der Waals surface area contributed by atoms with Crippen LogP contribution in [0.2, 0.25) is 0 Å². The van der Waals surface area contributed by atoms with Crippen molar-refractivity contribution >= 4 is 18.2 Å². The molecular formula is C45H49N4O16+. The number of hydrogen-bond acceptors (Lipinski definition) is 18. The Balaban J connectivity index is 1.15. The molecule has 6 heterocycles. The van der Waals surface area contributed by atoms with Crippen molar-refractivity contribution in [2.45, 2.75) is 80.0 Å². The maximum atomic E-state index is 12.7. The molecule has 6 aliphatic rings. The molecule has 0 bridgehead atoms. The molecule has 65 heavy (non-hydrogen) atoms. The van der Waals surface area contributed by atoms with E-state index in [2.05, 4.69) is 10.3 Å². The zero-order chi connectivity index (χ0) is 45.6. The lowest BCUT2D eigenvalue weighted by atomic mass is 9.79. The molecule has 0 radical (unpaired) electrons. The highest BCUT2D eigenvalue weighted by molar-refractivity contribution is 5.90. The highest BCUT2D eigenvalue weighted by Crippen LogP contribution is 2.59. The molecule has 1 saturated heterocycles. The number of nitrogens with one attached hydrogen (secondary N) is 2. The lowest BCUT2D eigenvalue weighted by molar-refractivity contribution is -0.867. The summed E-state index contributed by atoms with van der Waals surface area (Å²) in [6, 6.07) is 16.5. The largest absolute Gasteiger partial charge is 0.489 e. The first-order chi connectivity index (χ1) is 31.4. The number of aliphatic hydroxyl groups excluding tert-OH is 6. The van der Waals surface area contributed by atoms with Crippen molar-refractivity contribution in [2.75, 3.05) is 33.2 Å². The third-order valence-corrected chi connectivity index (χ3v) is 12.4. The quantitative estimate of drug-likeness (QED) is 0.0475. The molecule has 0 aromatic heterocycles. The van der Waals surface area contributed by atoms with Crippen LogP contribution in [0.3, 0.4) is 0 Å². The standard InChI is InChI=1S/C45H48N4O16/c46-43-42(63-32(55)17-31(53)54)45(9-11-48-43)41(58)36(56)37(57)44(65-45)61-25-15-24(19-49-18-23-8-10-47-35(23)27(49)20-51)33-30(16-25)62-29(14-22-4-2-1-3-5-22)34-26-6-7-28(60-21-52)39(59-13-12-50)38(26)64-40(33)34/h1-11,15-16,29,34,36-37,40-44,48,50-52,56-58H,12-14,17-21,46H2,(H,53,54)/p+1/t29-,34+,36+,37+,40-,41-,42+,43-,44+,45-/m0/s1. The number of carbonyl (C=O) groups is 2. The highest BCUT2D eigenvalue weighted by Gasteiger charge is 2.61. The summed E-state index contributed by atoms with van der Waals surface area (Å²) in [5, 5.41) is 76.3. The van der Waals surface area contributed by atoms with Crippen LogP contribution in [0.1, 0.15) is 40.7 Å². The minimum Gasteiger partial charge on any atom is -0.489 e. The van der Waals surface area contributed by atoms with E-state index in [1.807, 2.05) is 42.5 Å². The number of rotatable bonds is 15. The van der Waals surface area contributed by atoms with Crippen molar-refractivity contribution in [1.82, 2.24) is 5.32 Å². The second kappa shape index (κ2) is 18.1. The van der Waals surface area contributed by atoms with Crippen molar-refractivity contribution in [3.63, 3.8) is 0 Å². The molecule has 20 nitrogen and oxygen atoms in total. The van der Waals surface area contributed by atoms with Crippen LogP contribution in [-0.4, -0.2) is 136 Å². The molecule has 0 amide bonds.